The van der Waals surface area contributed by atoms with Gasteiger partial charge in [-0.1, -0.05) is 59.1 Å². The molecule has 9 heteroatoms. The highest BCUT2D eigenvalue weighted by molar-refractivity contribution is 6.42. The van der Waals surface area contributed by atoms with Gasteiger partial charge in [0.1, 0.15) is 12.4 Å². The van der Waals surface area contributed by atoms with Gasteiger partial charge in [-0.15, -0.1) is 0 Å². The molecule has 1 saturated heterocycles. The summed E-state index contributed by atoms with van der Waals surface area (Å²) in [5.74, 6) is -0.379. The van der Waals surface area contributed by atoms with E-state index in [4.69, 9.17) is 39.5 Å². The number of nitrogens with zero attached hydrogens (tertiary/aromatic N) is 1. The Morgan fingerprint density at radius 3 is 2.55 bits per heavy atom. The number of halogens is 3. The molecule has 0 unspecified atom stereocenters. The van der Waals surface area contributed by atoms with E-state index in [-0.39, 0.29) is 24.8 Å². The van der Waals surface area contributed by atoms with E-state index in [0.29, 0.717) is 33.0 Å². The number of nitrogens with one attached hydrogen (secondary N) is 2. The Bertz CT molecular complexity index is 1170. The molecule has 0 bridgehead atoms. The molecule has 0 aliphatic carbocycles. The number of para-hydroxylation sites is 1. The molecule has 1 heterocycles. The Morgan fingerprint density at radius 2 is 1.79 bits per heavy atom. The first-order valence-corrected chi connectivity index (χ1v) is 11.3. The third-order valence-corrected chi connectivity index (χ3v) is 6.18. The number of carbonyl (C=O) groups excluding carboxylic acids is 2. The van der Waals surface area contributed by atoms with Crippen molar-refractivity contribution in [2.45, 2.75) is 13.0 Å². The van der Waals surface area contributed by atoms with Gasteiger partial charge in [0.2, 0.25) is 11.8 Å². The van der Waals surface area contributed by atoms with E-state index >= 15 is 0 Å². The van der Waals surface area contributed by atoms with Gasteiger partial charge in [0.25, 0.3) is 0 Å². The molecule has 4 rings (SSSR count). The molecule has 0 spiro atoms. The van der Waals surface area contributed by atoms with E-state index in [2.05, 4.69) is 10.9 Å². The summed E-state index contributed by atoms with van der Waals surface area (Å²) in [4.78, 5) is 26.8. The van der Waals surface area contributed by atoms with Crippen LogP contribution in [0, 0.1) is 5.92 Å². The van der Waals surface area contributed by atoms with Crippen molar-refractivity contribution in [2.24, 2.45) is 5.92 Å². The quantitative estimate of drug-likeness (QED) is 0.404. The van der Waals surface area contributed by atoms with Gasteiger partial charge in [-0.2, -0.15) is 0 Å². The van der Waals surface area contributed by atoms with Crippen LogP contribution >= 0.6 is 34.8 Å². The predicted molar refractivity (Wildman–Crippen MR) is 131 cm³/mol. The monoisotopic (exact) mass is 503 g/mol. The van der Waals surface area contributed by atoms with E-state index in [9.17, 15) is 9.59 Å². The van der Waals surface area contributed by atoms with E-state index in [1.165, 1.54) is 0 Å². The Hall–Kier alpha value is -2.93. The van der Waals surface area contributed by atoms with Crippen molar-refractivity contribution in [2.75, 3.05) is 16.9 Å². The summed E-state index contributed by atoms with van der Waals surface area (Å²) in [6.07, 6.45) is 0.138. The van der Waals surface area contributed by atoms with Gasteiger partial charge < -0.3 is 9.64 Å². The second-order valence-corrected chi connectivity index (χ2v) is 8.78. The van der Waals surface area contributed by atoms with Crippen LogP contribution in [0.2, 0.25) is 15.1 Å². The number of amides is 2. The van der Waals surface area contributed by atoms with Crippen molar-refractivity contribution in [3.8, 4) is 5.75 Å². The van der Waals surface area contributed by atoms with E-state index in [1.54, 1.807) is 35.2 Å². The lowest BCUT2D eigenvalue weighted by Crippen LogP contribution is -2.36. The molecular formula is C24H20Cl3N3O3. The number of hydrazine groups is 1. The van der Waals surface area contributed by atoms with Crippen LogP contribution in [0.15, 0.2) is 66.7 Å². The summed E-state index contributed by atoms with van der Waals surface area (Å²) in [7, 11) is 0. The zero-order valence-corrected chi connectivity index (χ0v) is 19.6. The van der Waals surface area contributed by atoms with Crippen LogP contribution in [-0.4, -0.2) is 18.4 Å². The SMILES string of the molecule is O=C(NNc1cc(Cl)ccc1OCc1ccc(Cl)c(Cl)c1)[C@@H]1CC(=O)N(c2ccccc2)C1. The minimum Gasteiger partial charge on any atom is -0.487 e. The highest BCUT2D eigenvalue weighted by atomic mass is 35.5. The lowest BCUT2D eigenvalue weighted by Gasteiger charge is -2.18. The van der Waals surface area contributed by atoms with Crippen LogP contribution < -0.4 is 20.5 Å². The minimum absolute atomic E-state index is 0.0882. The zero-order chi connectivity index (χ0) is 23.4. The van der Waals surface area contributed by atoms with Crippen LogP contribution in [0.5, 0.6) is 5.75 Å². The largest absolute Gasteiger partial charge is 0.487 e. The van der Waals surface area contributed by atoms with Crippen molar-refractivity contribution in [3.05, 3.63) is 87.4 Å². The first-order valence-electron chi connectivity index (χ1n) is 10.2. The van der Waals surface area contributed by atoms with Crippen LogP contribution in [0.25, 0.3) is 0 Å². The Morgan fingerprint density at radius 1 is 1.00 bits per heavy atom. The predicted octanol–water partition coefficient (Wildman–Crippen LogP) is 5.72. The maximum absolute atomic E-state index is 12.7. The molecule has 2 N–H and O–H groups in total. The zero-order valence-electron chi connectivity index (χ0n) is 17.4. The molecule has 1 fully saturated rings. The van der Waals surface area contributed by atoms with Gasteiger partial charge in [-0.3, -0.25) is 20.4 Å². The molecule has 3 aromatic carbocycles. The minimum atomic E-state index is -0.482. The fourth-order valence-electron chi connectivity index (χ4n) is 3.49. The number of benzene rings is 3. The summed E-state index contributed by atoms with van der Waals surface area (Å²) >= 11 is 18.1. The lowest BCUT2D eigenvalue weighted by atomic mass is 10.1. The molecular weight excluding hydrogens is 485 g/mol. The van der Waals surface area contributed by atoms with Gasteiger partial charge >= 0.3 is 0 Å². The Balaban J connectivity index is 1.38. The van der Waals surface area contributed by atoms with E-state index < -0.39 is 5.92 Å². The van der Waals surface area contributed by atoms with Crippen LogP contribution in [0.4, 0.5) is 11.4 Å². The molecule has 33 heavy (non-hydrogen) atoms. The van der Waals surface area contributed by atoms with Crippen molar-refractivity contribution >= 4 is 58.0 Å². The summed E-state index contributed by atoms with van der Waals surface area (Å²) in [5.41, 5.74) is 7.64. The van der Waals surface area contributed by atoms with Gasteiger partial charge in [0.15, 0.2) is 0 Å². The maximum atomic E-state index is 12.7. The molecule has 0 aromatic heterocycles. The van der Waals surface area contributed by atoms with E-state index in [0.717, 1.165) is 11.3 Å². The molecule has 0 saturated carbocycles. The molecule has 1 aliphatic rings. The summed E-state index contributed by atoms with van der Waals surface area (Å²) in [6.45, 7) is 0.552. The normalized spacial score (nSPS) is 15.4. The maximum Gasteiger partial charge on any atom is 0.243 e. The third-order valence-electron chi connectivity index (χ3n) is 5.20. The van der Waals surface area contributed by atoms with Crippen molar-refractivity contribution in [1.29, 1.82) is 0 Å². The molecule has 3 aromatic rings. The summed E-state index contributed by atoms with van der Waals surface area (Å²) in [5, 5.41) is 1.38. The molecule has 0 radical (unpaired) electrons. The highest BCUT2D eigenvalue weighted by Crippen LogP contribution is 2.30. The fraction of sp³-hybridized carbons (Fsp3) is 0.167. The summed E-state index contributed by atoms with van der Waals surface area (Å²) < 4.78 is 5.89. The number of rotatable bonds is 7. The third kappa shape index (κ3) is 5.71. The second-order valence-electron chi connectivity index (χ2n) is 7.53. The highest BCUT2D eigenvalue weighted by Gasteiger charge is 2.35. The molecule has 1 aliphatic heterocycles. The first kappa shape index (κ1) is 23.2. The standard InChI is InChI=1S/C24H20Cl3N3O3/c25-17-7-9-22(33-14-15-6-8-19(26)20(27)10-15)21(12-17)28-29-24(32)16-11-23(31)30(13-16)18-4-2-1-3-5-18/h1-10,12,16,28H,11,13-14H2,(H,29,32)/t16-/m1/s1. The first-order chi connectivity index (χ1) is 15.9. The van der Waals surface area contributed by atoms with Crippen LogP contribution in [0.1, 0.15) is 12.0 Å². The summed E-state index contributed by atoms with van der Waals surface area (Å²) in [6, 6.07) is 19.6. The van der Waals surface area contributed by atoms with Gasteiger partial charge in [-0.05, 0) is 48.0 Å². The number of hydrogen-bond donors (Lipinski definition) is 2. The average Bonchev–Trinajstić information content (AvgIpc) is 3.21. The van der Waals surface area contributed by atoms with Crippen molar-refractivity contribution in [3.63, 3.8) is 0 Å². The fourth-order valence-corrected chi connectivity index (χ4v) is 3.98. The van der Waals surface area contributed by atoms with Gasteiger partial charge in [0.05, 0.1) is 21.7 Å². The lowest BCUT2D eigenvalue weighted by molar-refractivity contribution is -0.125. The van der Waals surface area contributed by atoms with Crippen molar-refractivity contribution in [1.82, 2.24) is 5.43 Å². The van der Waals surface area contributed by atoms with Crippen LogP contribution in [0.3, 0.4) is 0 Å². The number of anilines is 2. The average molecular weight is 505 g/mol. The number of carbonyl (C=O) groups is 2. The number of ether oxygens (including phenoxy) is 1. The van der Waals surface area contributed by atoms with E-state index in [1.807, 2.05) is 36.4 Å². The molecule has 170 valence electrons. The molecule has 6 nitrogen and oxygen atoms in total. The van der Waals surface area contributed by atoms with Gasteiger partial charge in [0, 0.05) is 23.7 Å². The molecule has 1 atom stereocenters. The molecule has 2 amide bonds. The second kappa shape index (κ2) is 10.3. The Labute approximate surface area is 206 Å². The van der Waals surface area contributed by atoms with Crippen LogP contribution in [-0.2, 0) is 16.2 Å². The number of hydrogen-bond acceptors (Lipinski definition) is 4. The van der Waals surface area contributed by atoms with Crippen molar-refractivity contribution < 1.29 is 14.3 Å². The Kier molecular flexibility index (Phi) is 7.28. The topological polar surface area (TPSA) is 70.7 Å². The smallest absolute Gasteiger partial charge is 0.243 e. The van der Waals surface area contributed by atoms with Gasteiger partial charge in [-0.25, -0.2) is 0 Å².